The Bertz CT molecular complexity index is 847. The highest BCUT2D eigenvalue weighted by atomic mass is 16.6. The van der Waals surface area contributed by atoms with Crippen LogP contribution in [0.3, 0.4) is 0 Å². The minimum atomic E-state index is -0.630. The van der Waals surface area contributed by atoms with Crippen LogP contribution in [0, 0.1) is 0 Å². The predicted molar refractivity (Wildman–Crippen MR) is 82.8 cm³/mol. The van der Waals surface area contributed by atoms with E-state index in [4.69, 9.17) is 14.9 Å². The maximum absolute atomic E-state index is 11.8. The van der Waals surface area contributed by atoms with Gasteiger partial charge in [0, 0.05) is 0 Å². The number of fused-ring (bicyclic) bond motifs is 1. The molecule has 0 aliphatic rings. The van der Waals surface area contributed by atoms with Crippen molar-refractivity contribution in [3.8, 4) is 11.6 Å². The van der Waals surface area contributed by atoms with Gasteiger partial charge in [-0.2, -0.15) is 0 Å². The monoisotopic (exact) mass is 316 g/mol. The average Bonchev–Trinajstić information content (AvgIpc) is 3.03. The molecule has 0 aromatic carbocycles. The van der Waals surface area contributed by atoms with Gasteiger partial charge in [-0.05, 0) is 32.9 Å². The molecule has 0 saturated heterocycles. The second-order valence-corrected chi connectivity index (χ2v) is 5.82. The molecule has 0 spiro atoms. The number of nitrogens with zero attached hydrogens (tertiary/aromatic N) is 4. The van der Waals surface area contributed by atoms with E-state index in [1.807, 2.05) is 0 Å². The van der Waals surface area contributed by atoms with Crippen LogP contribution in [-0.2, 0) is 4.74 Å². The smallest absolute Gasteiger partial charge is 0.413 e. The van der Waals surface area contributed by atoms with Crippen LogP contribution >= 0.6 is 0 Å². The molecule has 0 fully saturated rings. The van der Waals surface area contributed by atoms with Crippen molar-refractivity contribution in [2.45, 2.75) is 26.4 Å². The van der Waals surface area contributed by atoms with Gasteiger partial charge < -0.3 is 14.9 Å². The van der Waals surface area contributed by atoms with Gasteiger partial charge in [0.1, 0.15) is 5.60 Å². The van der Waals surface area contributed by atoms with E-state index in [1.54, 1.807) is 32.9 Å². The van der Waals surface area contributed by atoms with Gasteiger partial charge in [-0.25, -0.2) is 19.3 Å². The summed E-state index contributed by atoms with van der Waals surface area (Å²) in [6.07, 6.45) is 2.39. The molecule has 3 N–H and O–H groups in total. The Balaban J connectivity index is 1.90. The molecule has 9 heteroatoms. The quantitative estimate of drug-likeness (QED) is 0.744. The Kier molecular flexibility index (Phi) is 3.40. The number of carbonyl (C=O) groups excluding carboxylic acids is 1. The molecule has 3 aromatic rings. The lowest BCUT2D eigenvalue weighted by Crippen LogP contribution is -2.27. The van der Waals surface area contributed by atoms with E-state index in [9.17, 15) is 4.79 Å². The average molecular weight is 316 g/mol. The van der Waals surface area contributed by atoms with E-state index in [1.165, 1.54) is 17.0 Å². The highest BCUT2D eigenvalue weighted by Crippen LogP contribution is 2.20. The first-order valence-electron chi connectivity index (χ1n) is 6.88. The molecule has 3 aromatic heterocycles. The van der Waals surface area contributed by atoms with Crippen molar-refractivity contribution in [2.75, 3.05) is 11.1 Å². The minimum absolute atomic E-state index is 0.129. The fraction of sp³-hybridized carbons (Fsp3) is 0.286. The topological polar surface area (TPSA) is 121 Å². The largest absolute Gasteiger partial charge is 0.461 e. The number of hydrogen-bond acceptors (Lipinski definition) is 7. The molecule has 3 heterocycles. The number of carbonyl (C=O) groups is 1. The van der Waals surface area contributed by atoms with E-state index < -0.39 is 11.7 Å². The van der Waals surface area contributed by atoms with Gasteiger partial charge in [0.05, 0.1) is 12.5 Å². The zero-order valence-electron chi connectivity index (χ0n) is 12.9. The second-order valence-electron chi connectivity index (χ2n) is 5.82. The number of rotatable bonds is 2. The number of nitrogens with one attached hydrogen (secondary N) is 1. The third-order valence-electron chi connectivity index (χ3n) is 2.72. The van der Waals surface area contributed by atoms with Gasteiger partial charge in [-0.3, -0.25) is 5.32 Å². The van der Waals surface area contributed by atoms with Crippen LogP contribution in [-0.4, -0.2) is 31.3 Å². The third kappa shape index (κ3) is 3.23. The van der Waals surface area contributed by atoms with Gasteiger partial charge >= 0.3 is 6.09 Å². The van der Waals surface area contributed by atoms with Crippen molar-refractivity contribution in [3.05, 3.63) is 24.6 Å². The SMILES string of the molecule is CC(C)(C)OC(=O)Nc1cn2nc(-c3ccco3)nc2c(N)n1. The summed E-state index contributed by atoms with van der Waals surface area (Å²) < 4.78 is 11.8. The zero-order valence-corrected chi connectivity index (χ0v) is 12.9. The highest BCUT2D eigenvalue weighted by Gasteiger charge is 2.18. The lowest BCUT2D eigenvalue weighted by molar-refractivity contribution is 0.0635. The Morgan fingerprint density at radius 3 is 2.83 bits per heavy atom. The predicted octanol–water partition coefficient (Wildman–Crippen LogP) is 2.31. The first kappa shape index (κ1) is 14.8. The molecule has 0 unspecified atom stereocenters. The van der Waals surface area contributed by atoms with Gasteiger partial charge in [0.25, 0.3) is 0 Å². The van der Waals surface area contributed by atoms with Gasteiger partial charge in [0.2, 0.25) is 5.82 Å². The van der Waals surface area contributed by atoms with E-state index in [2.05, 4.69) is 20.4 Å². The Hall–Kier alpha value is -3.10. The van der Waals surface area contributed by atoms with Crippen LogP contribution in [0.5, 0.6) is 0 Å². The zero-order chi connectivity index (χ0) is 16.6. The number of anilines is 2. The molecule has 0 bridgehead atoms. The molecule has 23 heavy (non-hydrogen) atoms. The van der Waals surface area contributed by atoms with Crippen LogP contribution in [0.4, 0.5) is 16.4 Å². The Morgan fingerprint density at radius 2 is 2.17 bits per heavy atom. The summed E-state index contributed by atoms with van der Waals surface area (Å²) in [5, 5.41) is 6.77. The van der Waals surface area contributed by atoms with E-state index in [-0.39, 0.29) is 11.6 Å². The number of hydrogen-bond donors (Lipinski definition) is 2. The summed E-state index contributed by atoms with van der Waals surface area (Å²) in [7, 11) is 0. The van der Waals surface area contributed by atoms with Crippen LogP contribution in [0.1, 0.15) is 20.8 Å². The summed E-state index contributed by atoms with van der Waals surface area (Å²) in [5.41, 5.74) is 5.62. The summed E-state index contributed by atoms with van der Waals surface area (Å²) >= 11 is 0. The van der Waals surface area contributed by atoms with Crippen LogP contribution in [0.25, 0.3) is 17.2 Å². The van der Waals surface area contributed by atoms with Gasteiger partial charge in [-0.1, -0.05) is 0 Å². The number of aromatic nitrogens is 4. The van der Waals surface area contributed by atoms with Crippen molar-refractivity contribution in [3.63, 3.8) is 0 Å². The maximum atomic E-state index is 11.8. The normalized spacial score (nSPS) is 11.6. The fourth-order valence-electron chi connectivity index (χ4n) is 1.89. The molecule has 120 valence electrons. The summed E-state index contributed by atoms with van der Waals surface area (Å²) in [5.74, 6) is 1.22. The minimum Gasteiger partial charge on any atom is -0.461 e. The number of nitrogen functional groups attached to an aromatic ring is 1. The van der Waals surface area contributed by atoms with Crippen LogP contribution < -0.4 is 11.1 Å². The summed E-state index contributed by atoms with van der Waals surface area (Å²) in [6, 6.07) is 3.47. The number of amides is 1. The molecule has 1 amide bonds. The van der Waals surface area contributed by atoms with Crippen molar-refractivity contribution in [1.82, 2.24) is 19.6 Å². The molecule has 0 aliphatic heterocycles. The van der Waals surface area contributed by atoms with Crippen molar-refractivity contribution >= 4 is 23.4 Å². The summed E-state index contributed by atoms with van der Waals surface area (Å²) in [4.78, 5) is 20.1. The molecule has 0 atom stereocenters. The van der Waals surface area contributed by atoms with Crippen molar-refractivity contribution in [2.24, 2.45) is 0 Å². The first-order valence-corrected chi connectivity index (χ1v) is 6.88. The molecular formula is C14H16N6O3. The van der Waals surface area contributed by atoms with Gasteiger partial charge in [-0.15, -0.1) is 5.10 Å². The van der Waals surface area contributed by atoms with Gasteiger partial charge in [0.15, 0.2) is 23.0 Å². The molecule has 0 saturated carbocycles. The molecule has 0 radical (unpaired) electrons. The fourth-order valence-corrected chi connectivity index (χ4v) is 1.89. The highest BCUT2D eigenvalue weighted by molar-refractivity contribution is 5.84. The van der Waals surface area contributed by atoms with E-state index in [0.717, 1.165) is 0 Å². The molecular weight excluding hydrogens is 300 g/mol. The van der Waals surface area contributed by atoms with Crippen molar-refractivity contribution < 1.29 is 13.9 Å². The van der Waals surface area contributed by atoms with Crippen molar-refractivity contribution in [1.29, 1.82) is 0 Å². The summed E-state index contributed by atoms with van der Waals surface area (Å²) in [6.45, 7) is 5.31. The number of nitrogens with two attached hydrogens (primary N) is 1. The van der Waals surface area contributed by atoms with Crippen LogP contribution in [0.2, 0.25) is 0 Å². The molecule has 9 nitrogen and oxygen atoms in total. The first-order chi connectivity index (χ1) is 10.8. The Labute approximate surface area is 131 Å². The Morgan fingerprint density at radius 1 is 1.39 bits per heavy atom. The maximum Gasteiger partial charge on any atom is 0.413 e. The number of furan rings is 1. The lowest BCUT2D eigenvalue weighted by Gasteiger charge is -2.19. The van der Waals surface area contributed by atoms with E-state index >= 15 is 0 Å². The molecule has 3 rings (SSSR count). The standard InChI is InChI=1S/C14H16N6O3/c1-14(2,3)23-13(21)17-9-7-20-12(10(15)16-9)18-11(19-20)8-5-4-6-22-8/h4-7H,1-3H3,(H2,15,16)(H,17,21). The molecule has 0 aliphatic carbocycles. The second kappa shape index (κ2) is 5.27. The third-order valence-corrected chi connectivity index (χ3v) is 2.72. The van der Waals surface area contributed by atoms with Crippen LogP contribution in [0.15, 0.2) is 29.0 Å². The number of ether oxygens (including phenoxy) is 1. The lowest BCUT2D eigenvalue weighted by atomic mass is 10.2. The van der Waals surface area contributed by atoms with E-state index in [0.29, 0.717) is 17.2 Å².